The molecule has 0 bridgehead atoms. The molecule has 0 saturated carbocycles. The van der Waals surface area contributed by atoms with Gasteiger partial charge in [-0.05, 0) is 70.8 Å². The van der Waals surface area contributed by atoms with Crippen molar-refractivity contribution in [2.45, 2.75) is 0 Å². The van der Waals surface area contributed by atoms with Gasteiger partial charge in [0.25, 0.3) is 0 Å². The first-order valence-corrected chi connectivity index (χ1v) is 11.4. The lowest BCUT2D eigenvalue weighted by atomic mass is 9.96. The van der Waals surface area contributed by atoms with E-state index < -0.39 is 0 Å². The SMILES string of the molecule is O=C(c1ccc(F)cc1)c1ccc(-c2ccc(-c3ccc(C(=O)c4ccc(F)cc4)cc3)cc2)cc1. The Hall–Kier alpha value is -4.70. The van der Waals surface area contributed by atoms with Crippen LogP contribution in [0.3, 0.4) is 0 Å². The van der Waals surface area contributed by atoms with Gasteiger partial charge in [0, 0.05) is 22.3 Å². The van der Waals surface area contributed by atoms with Crippen LogP contribution in [0.2, 0.25) is 0 Å². The maximum Gasteiger partial charge on any atom is 0.193 e. The van der Waals surface area contributed by atoms with Gasteiger partial charge >= 0.3 is 0 Å². The van der Waals surface area contributed by atoms with Crippen molar-refractivity contribution in [1.82, 2.24) is 0 Å². The molecule has 0 aliphatic rings. The van der Waals surface area contributed by atoms with Crippen molar-refractivity contribution < 1.29 is 18.4 Å². The summed E-state index contributed by atoms with van der Waals surface area (Å²) in [6.07, 6.45) is 0. The lowest BCUT2D eigenvalue weighted by molar-refractivity contribution is 0.103. The molecule has 0 unspecified atom stereocenters. The van der Waals surface area contributed by atoms with Crippen LogP contribution in [0.15, 0.2) is 121 Å². The van der Waals surface area contributed by atoms with Gasteiger partial charge in [0.15, 0.2) is 11.6 Å². The monoisotopic (exact) mass is 474 g/mol. The van der Waals surface area contributed by atoms with Crippen LogP contribution < -0.4 is 0 Å². The highest BCUT2D eigenvalue weighted by atomic mass is 19.1. The van der Waals surface area contributed by atoms with Crippen LogP contribution in [0.4, 0.5) is 8.78 Å². The summed E-state index contributed by atoms with van der Waals surface area (Å²) in [6.45, 7) is 0. The molecular weight excluding hydrogens is 454 g/mol. The molecule has 0 heterocycles. The Morgan fingerprint density at radius 1 is 0.333 bits per heavy atom. The van der Waals surface area contributed by atoms with Crippen LogP contribution in [0.5, 0.6) is 0 Å². The molecule has 2 nitrogen and oxygen atoms in total. The third-order valence-corrected chi connectivity index (χ3v) is 6.06. The zero-order valence-corrected chi connectivity index (χ0v) is 19.1. The van der Waals surface area contributed by atoms with Gasteiger partial charge in [-0.3, -0.25) is 9.59 Å². The molecule has 0 radical (unpaired) electrons. The van der Waals surface area contributed by atoms with Crippen molar-refractivity contribution in [1.29, 1.82) is 0 Å². The lowest BCUT2D eigenvalue weighted by Gasteiger charge is -2.08. The first-order chi connectivity index (χ1) is 17.5. The largest absolute Gasteiger partial charge is 0.289 e. The second kappa shape index (κ2) is 9.88. The Morgan fingerprint density at radius 2 is 0.528 bits per heavy atom. The predicted octanol–water partition coefficient (Wildman–Crippen LogP) is 7.76. The molecule has 0 spiro atoms. The summed E-state index contributed by atoms with van der Waals surface area (Å²) in [7, 11) is 0. The molecule has 0 aliphatic carbocycles. The van der Waals surface area contributed by atoms with Gasteiger partial charge < -0.3 is 0 Å². The normalized spacial score (nSPS) is 10.7. The Balaban J connectivity index is 1.29. The van der Waals surface area contributed by atoms with Crippen molar-refractivity contribution >= 4 is 11.6 Å². The molecule has 0 fully saturated rings. The molecule has 0 amide bonds. The molecule has 5 aromatic carbocycles. The fraction of sp³-hybridized carbons (Fsp3) is 0. The molecule has 5 rings (SSSR count). The molecular formula is C32H20F2O2. The summed E-state index contributed by atoms with van der Waals surface area (Å²) in [5, 5.41) is 0. The Morgan fingerprint density at radius 3 is 0.778 bits per heavy atom. The van der Waals surface area contributed by atoms with Crippen LogP contribution in [0.25, 0.3) is 22.3 Å². The van der Waals surface area contributed by atoms with Gasteiger partial charge in [-0.2, -0.15) is 0 Å². The highest BCUT2D eigenvalue weighted by Gasteiger charge is 2.11. The number of halogens is 2. The van der Waals surface area contributed by atoms with Crippen molar-refractivity contribution in [2.24, 2.45) is 0 Å². The molecule has 174 valence electrons. The van der Waals surface area contributed by atoms with E-state index in [-0.39, 0.29) is 23.2 Å². The summed E-state index contributed by atoms with van der Waals surface area (Å²) in [4.78, 5) is 25.2. The summed E-state index contributed by atoms with van der Waals surface area (Å²) in [5.74, 6) is -1.06. The highest BCUT2D eigenvalue weighted by molar-refractivity contribution is 6.09. The van der Waals surface area contributed by atoms with Gasteiger partial charge in [0.2, 0.25) is 0 Å². The smallest absolute Gasteiger partial charge is 0.193 e. The fourth-order valence-electron chi connectivity index (χ4n) is 4.02. The Labute approximate surface area is 207 Å². The second-order valence-electron chi connectivity index (χ2n) is 8.40. The quantitative estimate of drug-likeness (QED) is 0.236. The minimum Gasteiger partial charge on any atom is -0.289 e. The number of hydrogen-bond acceptors (Lipinski definition) is 2. The van der Waals surface area contributed by atoms with E-state index in [2.05, 4.69) is 0 Å². The van der Waals surface area contributed by atoms with Crippen molar-refractivity contribution in [3.8, 4) is 22.3 Å². The summed E-state index contributed by atoms with van der Waals surface area (Å²) >= 11 is 0. The summed E-state index contributed by atoms with van der Waals surface area (Å²) in [6, 6.07) is 33.7. The first-order valence-electron chi connectivity index (χ1n) is 11.4. The van der Waals surface area contributed by atoms with Gasteiger partial charge in [-0.25, -0.2) is 8.78 Å². The summed E-state index contributed by atoms with van der Waals surface area (Å²) in [5.41, 5.74) is 5.91. The van der Waals surface area contributed by atoms with Crippen molar-refractivity contribution in [3.63, 3.8) is 0 Å². The third-order valence-electron chi connectivity index (χ3n) is 6.06. The van der Waals surface area contributed by atoms with Crippen LogP contribution in [-0.4, -0.2) is 11.6 Å². The van der Waals surface area contributed by atoms with E-state index in [9.17, 15) is 18.4 Å². The molecule has 36 heavy (non-hydrogen) atoms. The lowest BCUT2D eigenvalue weighted by Crippen LogP contribution is -2.01. The molecule has 0 aromatic heterocycles. The van der Waals surface area contributed by atoms with Crippen molar-refractivity contribution in [2.75, 3.05) is 0 Å². The minimum atomic E-state index is -0.375. The average molecular weight is 475 g/mol. The standard InChI is InChI=1S/C32H20F2O2/c33-29-17-13-27(14-18-29)31(35)25-9-5-23(6-10-25)21-1-2-22(4-3-21)24-7-11-26(12-8-24)32(36)28-15-19-30(34)20-16-28/h1-20H. The average Bonchev–Trinajstić information content (AvgIpc) is 2.93. The van der Waals surface area contributed by atoms with Crippen LogP contribution in [0.1, 0.15) is 31.8 Å². The maximum atomic E-state index is 13.1. The van der Waals surface area contributed by atoms with E-state index in [1.807, 2.05) is 48.5 Å². The van der Waals surface area contributed by atoms with E-state index in [0.717, 1.165) is 22.3 Å². The number of ketones is 2. The fourth-order valence-corrected chi connectivity index (χ4v) is 4.02. The number of rotatable bonds is 6. The van der Waals surface area contributed by atoms with E-state index in [4.69, 9.17) is 0 Å². The van der Waals surface area contributed by atoms with Crippen molar-refractivity contribution in [3.05, 3.63) is 155 Å². The van der Waals surface area contributed by atoms with E-state index >= 15 is 0 Å². The number of benzene rings is 5. The van der Waals surface area contributed by atoms with Gasteiger partial charge in [-0.1, -0.05) is 72.8 Å². The molecule has 0 aliphatic heterocycles. The first kappa shape index (κ1) is 23.1. The second-order valence-corrected chi connectivity index (χ2v) is 8.40. The molecule has 0 atom stereocenters. The summed E-state index contributed by atoms with van der Waals surface area (Å²) < 4.78 is 26.2. The molecule has 0 N–H and O–H groups in total. The molecule has 5 aromatic rings. The number of carbonyl (C=O) groups is 2. The highest BCUT2D eigenvalue weighted by Crippen LogP contribution is 2.26. The predicted molar refractivity (Wildman–Crippen MR) is 137 cm³/mol. The number of carbonyl (C=O) groups excluding carboxylic acids is 2. The minimum absolute atomic E-state index is 0.154. The van der Waals surface area contributed by atoms with E-state index in [1.165, 1.54) is 48.5 Å². The molecule has 4 heteroatoms. The number of hydrogen-bond donors (Lipinski definition) is 0. The van der Waals surface area contributed by atoms with Gasteiger partial charge in [0.05, 0.1) is 0 Å². The van der Waals surface area contributed by atoms with E-state index in [1.54, 1.807) is 24.3 Å². The zero-order valence-electron chi connectivity index (χ0n) is 19.1. The van der Waals surface area contributed by atoms with E-state index in [0.29, 0.717) is 22.3 Å². The van der Waals surface area contributed by atoms with Gasteiger partial charge in [0.1, 0.15) is 11.6 Å². The van der Waals surface area contributed by atoms with Crippen LogP contribution in [0, 0.1) is 11.6 Å². The van der Waals surface area contributed by atoms with Crippen LogP contribution in [-0.2, 0) is 0 Å². The van der Waals surface area contributed by atoms with Crippen LogP contribution >= 0.6 is 0 Å². The Kier molecular flexibility index (Phi) is 6.33. The Bertz CT molecular complexity index is 1400. The van der Waals surface area contributed by atoms with Gasteiger partial charge in [-0.15, -0.1) is 0 Å². The maximum absolute atomic E-state index is 13.1. The molecule has 0 saturated heterocycles. The topological polar surface area (TPSA) is 34.1 Å². The zero-order chi connectivity index (χ0) is 25.1. The third kappa shape index (κ3) is 4.89.